The Balaban J connectivity index is 1.64. The van der Waals surface area contributed by atoms with E-state index in [0.717, 1.165) is 42.1 Å². The van der Waals surface area contributed by atoms with Gasteiger partial charge in [-0.05, 0) is 85.0 Å². The Hall–Kier alpha value is -1.63. The molecule has 1 fully saturated rings. The Labute approximate surface area is 174 Å². The molecule has 28 heavy (non-hydrogen) atoms. The summed E-state index contributed by atoms with van der Waals surface area (Å²) in [5.41, 5.74) is 1.65. The quantitative estimate of drug-likeness (QED) is 0.583. The monoisotopic (exact) mass is 450 g/mol. The topological polar surface area (TPSA) is 42.5 Å². The number of ether oxygens (including phenoxy) is 2. The van der Waals surface area contributed by atoms with Crippen LogP contribution in [-0.2, 0) is 13.2 Å². The first-order valence-electron chi connectivity index (χ1n) is 9.90. The summed E-state index contributed by atoms with van der Waals surface area (Å²) in [6, 6.07) is 10.7. The molecule has 0 unspecified atom stereocenters. The van der Waals surface area contributed by atoms with Crippen molar-refractivity contribution in [2.24, 2.45) is 5.92 Å². The first kappa shape index (κ1) is 21.1. The number of piperidine rings is 1. The highest BCUT2D eigenvalue weighted by Crippen LogP contribution is 2.37. The van der Waals surface area contributed by atoms with E-state index in [0.29, 0.717) is 23.7 Å². The van der Waals surface area contributed by atoms with Gasteiger partial charge in [-0.3, -0.25) is 0 Å². The lowest BCUT2D eigenvalue weighted by atomic mass is 9.98. The van der Waals surface area contributed by atoms with Crippen molar-refractivity contribution < 1.29 is 13.9 Å². The van der Waals surface area contributed by atoms with Crippen LogP contribution in [0, 0.1) is 11.7 Å². The number of hydrogen-bond donors (Lipinski definition) is 2. The van der Waals surface area contributed by atoms with E-state index in [2.05, 4.69) is 26.6 Å². The van der Waals surface area contributed by atoms with E-state index in [9.17, 15) is 4.39 Å². The largest absolute Gasteiger partial charge is 0.490 e. The standard InChI is InChI=1S/C22H28BrFN2O2/c1-2-27-21-12-17(14-26-13-16-7-9-25-10-8-16)11-19(23)22(21)28-15-18-5-3-4-6-20(18)24/h3-6,11-12,16,25-26H,2,7-10,13-15H2,1H3. The Morgan fingerprint density at radius 3 is 2.71 bits per heavy atom. The predicted molar refractivity (Wildman–Crippen MR) is 113 cm³/mol. The van der Waals surface area contributed by atoms with Gasteiger partial charge in [0.2, 0.25) is 0 Å². The highest BCUT2D eigenvalue weighted by atomic mass is 79.9. The number of rotatable bonds is 9. The lowest BCUT2D eigenvalue weighted by molar-refractivity contribution is 0.264. The summed E-state index contributed by atoms with van der Waals surface area (Å²) in [5, 5.41) is 6.96. The zero-order chi connectivity index (χ0) is 19.8. The second kappa shape index (κ2) is 10.8. The summed E-state index contributed by atoms with van der Waals surface area (Å²) in [6.07, 6.45) is 2.45. The molecular weight excluding hydrogens is 423 g/mol. The van der Waals surface area contributed by atoms with E-state index in [1.54, 1.807) is 18.2 Å². The Morgan fingerprint density at radius 1 is 1.18 bits per heavy atom. The van der Waals surface area contributed by atoms with Crippen molar-refractivity contribution in [3.8, 4) is 11.5 Å². The zero-order valence-electron chi connectivity index (χ0n) is 16.3. The molecule has 1 saturated heterocycles. The van der Waals surface area contributed by atoms with Gasteiger partial charge in [0, 0.05) is 12.1 Å². The highest BCUT2D eigenvalue weighted by molar-refractivity contribution is 9.10. The molecule has 4 nitrogen and oxygen atoms in total. The molecule has 0 aliphatic carbocycles. The lowest BCUT2D eigenvalue weighted by Gasteiger charge is -2.23. The lowest BCUT2D eigenvalue weighted by Crippen LogP contribution is -2.33. The average molecular weight is 451 g/mol. The second-order valence-electron chi connectivity index (χ2n) is 7.04. The van der Waals surface area contributed by atoms with Crippen molar-refractivity contribution in [1.29, 1.82) is 0 Å². The van der Waals surface area contributed by atoms with Gasteiger partial charge < -0.3 is 20.1 Å². The Bertz CT molecular complexity index is 766. The van der Waals surface area contributed by atoms with E-state index in [-0.39, 0.29) is 12.4 Å². The maximum atomic E-state index is 13.9. The van der Waals surface area contributed by atoms with Crippen LogP contribution < -0.4 is 20.1 Å². The maximum Gasteiger partial charge on any atom is 0.175 e. The minimum Gasteiger partial charge on any atom is -0.490 e. The molecule has 6 heteroatoms. The van der Waals surface area contributed by atoms with Crippen LogP contribution in [0.4, 0.5) is 4.39 Å². The fraction of sp³-hybridized carbons (Fsp3) is 0.455. The molecule has 2 aromatic carbocycles. The van der Waals surface area contributed by atoms with Crippen LogP contribution >= 0.6 is 15.9 Å². The molecule has 0 atom stereocenters. The summed E-state index contributed by atoms with van der Waals surface area (Å²) in [6.45, 7) is 6.65. The van der Waals surface area contributed by atoms with Gasteiger partial charge >= 0.3 is 0 Å². The number of hydrogen-bond acceptors (Lipinski definition) is 4. The van der Waals surface area contributed by atoms with Gasteiger partial charge in [0.25, 0.3) is 0 Å². The van der Waals surface area contributed by atoms with Crippen LogP contribution in [0.25, 0.3) is 0 Å². The summed E-state index contributed by atoms with van der Waals surface area (Å²) >= 11 is 3.59. The van der Waals surface area contributed by atoms with Crippen LogP contribution in [0.5, 0.6) is 11.5 Å². The maximum absolute atomic E-state index is 13.9. The molecular formula is C22H28BrFN2O2. The highest BCUT2D eigenvalue weighted by Gasteiger charge is 2.15. The van der Waals surface area contributed by atoms with Gasteiger partial charge in [-0.15, -0.1) is 0 Å². The fourth-order valence-electron chi connectivity index (χ4n) is 3.40. The van der Waals surface area contributed by atoms with E-state index < -0.39 is 0 Å². The number of benzene rings is 2. The summed E-state index contributed by atoms with van der Waals surface area (Å²) in [5.74, 6) is 1.74. The second-order valence-corrected chi connectivity index (χ2v) is 7.90. The predicted octanol–water partition coefficient (Wildman–Crippen LogP) is 4.66. The third kappa shape index (κ3) is 5.93. The van der Waals surface area contributed by atoms with Crippen molar-refractivity contribution in [2.45, 2.75) is 32.9 Å². The molecule has 152 valence electrons. The molecule has 2 N–H and O–H groups in total. The van der Waals surface area contributed by atoms with Crippen molar-refractivity contribution in [3.05, 3.63) is 57.8 Å². The molecule has 0 spiro atoms. The molecule has 0 amide bonds. The van der Waals surface area contributed by atoms with Gasteiger partial charge in [0.1, 0.15) is 12.4 Å². The molecule has 2 aromatic rings. The Morgan fingerprint density at radius 2 is 1.96 bits per heavy atom. The van der Waals surface area contributed by atoms with E-state index >= 15 is 0 Å². The molecule has 1 aliphatic rings. The SMILES string of the molecule is CCOc1cc(CNCC2CCNCC2)cc(Br)c1OCc1ccccc1F. The summed E-state index contributed by atoms with van der Waals surface area (Å²) < 4.78 is 26.4. The third-order valence-corrected chi connectivity index (χ3v) is 5.51. The fourth-order valence-corrected chi connectivity index (χ4v) is 4.00. The third-order valence-electron chi connectivity index (χ3n) is 4.92. The van der Waals surface area contributed by atoms with E-state index in [1.165, 1.54) is 18.9 Å². The molecule has 1 heterocycles. The van der Waals surface area contributed by atoms with Crippen molar-refractivity contribution in [1.82, 2.24) is 10.6 Å². The number of nitrogens with one attached hydrogen (secondary N) is 2. The molecule has 0 bridgehead atoms. The molecule has 1 aliphatic heterocycles. The van der Waals surface area contributed by atoms with Gasteiger partial charge in [0.15, 0.2) is 11.5 Å². The zero-order valence-corrected chi connectivity index (χ0v) is 17.9. The normalized spacial score (nSPS) is 14.8. The smallest absolute Gasteiger partial charge is 0.175 e. The van der Waals surface area contributed by atoms with Crippen LogP contribution in [0.1, 0.15) is 30.9 Å². The summed E-state index contributed by atoms with van der Waals surface area (Å²) in [7, 11) is 0. The number of halogens is 2. The van der Waals surface area contributed by atoms with E-state index in [1.807, 2.05) is 19.1 Å². The van der Waals surface area contributed by atoms with Crippen LogP contribution in [0.3, 0.4) is 0 Å². The Kier molecular flexibility index (Phi) is 8.13. The van der Waals surface area contributed by atoms with Crippen LogP contribution in [0.2, 0.25) is 0 Å². The minimum atomic E-state index is -0.268. The molecule has 0 aromatic heterocycles. The van der Waals surface area contributed by atoms with E-state index in [4.69, 9.17) is 9.47 Å². The van der Waals surface area contributed by atoms with Gasteiger partial charge in [0.05, 0.1) is 11.1 Å². The van der Waals surface area contributed by atoms with Crippen LogP contribution in [0.15, 0.2) is 40.9 Å². The van der Waals surface area contributed by atoms with Crippen molar-refractivity contribution >= 4 is 15.9 Å². The van der Waals surface area contributed by atoms with Crippen LogP contribution in [-0.4, -0.2) is 26.2 Å². The van der Waals surface area contributed by atoms with Gasteiger partial charge in [-0.25, -0.2) is 4.39 Å². The molecule has 0 radical (unpaired) electrons. The van der Waals surface area contributed by atoms with Crippen molar-refractivity contribution in [3.63, 3.8) is 0 Å². The first-order chi connectivity index (χ1) is 13.7. The molecule has 0 saturated carbocycles. The van der Waals surface area contributed by atoms with Gasteiger partial charge in [-0.2, -0.15) is 0 Å². The van der Waals surface area contributed by atoms with Crippen molar-refractivity contribution in [2.75, 3.05) is 26.2 Å². The first-order valence-corrected chi connectivity index (χ1v) is 10.7. The average Bonchev–Trinajstić information content (AvgIpc) is 2.70. The summed E-state index contributed by atoms with van der Waals surface area (Å²) in [4.78, 5) is 0. The molecule has 3 rings (SSSR count). The minimum absolute atomic E-state index is 0.151. The van der Waals surface area contributed by atoms with Gasteiger partial charge in [-0.1, -0.05) is 18.2 Å².